The standard InChI is InChI=1S/C7H5N7/c1-2-4(7-10-13-14-11-7)6-5(3-1)8-12-9-6/h1-3H,(H,8,9,12)(H,10,11,13,14). The molecule has 68 valence electrons. The molecule has 3 aromatic rings. The summed E-state index contributed by atoms with van der Waals surface area (Å²) in [5, 5.41) is 24.2. The molecule has 0 atom stereocenters. The van der Waals surface area contributed by atoms with Crippen LogP contribution in [-0.2, 0) is 0 Å². The topological polar surface area (TPSA) is 96.0 Å². The number of nitrogens with one attached hydrogen (secondary N) is 2. The van der Waals surface area contributed by atoms with Gasteiger partial charge in [-0.1, -0.05) is 6.07 Å². The summed E-state index contributed by atoms with van der Waals surface area (Å²) >= 11 is 0. The van der Waals surface area contributed by atoms with E-state index in [1.54, 1.807) is 0 Å². The number of nitrogens with zero attached hydrogens (tertiary/aromatic N) is 5. The number of H-pyrrole nitrogens is 2. The Hall–Kier alpha value is -2.31. The van der Waals surface area contributed by atoms with Crippen molar-refractivity contribution in [2.24, 2.45) is 0 Å². The molecule has 0 radical (unpaired) electrons. The van der Waals surface area contributed by atoms with E-state index in [0.29, 0.717) is 5.82 Å². The van der Waals surface area contributed by atoms with Gasteiger partial charge in [0, 0.05) is 0 Å². The van der Waals surface area contributed by atoms with E-state index in [4.69, 9.17) is 0 Å². The number of benzene rings is 1. The van der Waals surface area contributed by atoms with Crippen LogP contribution in [0, 0.1) is 0 Å². The molecule has 0 saturated carbocycles. The highest BCUT2D eigenvalue weighted by atomic mass is 15.5. The Kier molecular flexibility index (Phi) is 1.32. The maximum absolute atomic E-state index is 4.02. The zero-order valence-electron chi connectivity index (χ0n) is 6.97. The van der Waals surface area contributed by atoms with E-state index < -0.39 is 0 Å². The molecule has 7 nitrogen and oxygen atoms in total. The second-order valence-electron chi connectivity index (χ2n) is 2.73. The Morgan fingerprint density at radius 1 is 1.00 bits per heavy atom. The lowest BCUT2D eigenvalue weighted by atomic mass is 10.2. The monoisotopic (exact) mass is 187 g/mol. The first-order chi connectivity index (χ1) is 6.95. The van der Waals surface area contributed by atoms with Crippen LogP contribution in [-0.4, -0.2) is 36.0 Å². The fraction of sp³-hybridized carbons (Fsp3) is 0. The normalized spacial score (nSPS) is 10.9. The first kappa shape index (κ1) is 7.13. The van der Waals surface area contributed by atoms with Crippen molar-refractivity contribution in [1.29, 1.82) is 0 Å². The Bertz CT molecular complexity index is 552. The molecule has 7 heteroatoms. The average molecular weight is 187 g/mol. The number of rotatable bonds is 1. The number of tetrazole rings is 1. The molecule has 0 spiro atoms. The Morgan fingerprint density at radius 3 is 2.86 bits per heavy atom. The lowest BCUT2D eigenvalue weighted by Gasteiger charge is -1.92. The first-order valence-electron chi connectivity index (χ1n) is 3.98. The second-order valence-corrected chi connectivity index (χ2v) is 2.73. The van der Waals surface area contributed by atoms with Crippen LogP contribution >= 0.6 is 0 Å². The summed E-state index contributed by atoms with van der Waals surface area (Å²) in [5.41, 5.74) is 2.34. The third-order valence-corrected chi connectivity index (χ3v) is 1.93. The van der Waals surface area contributed by atoms with Crippen molar-refractivity contribution >= 4 is 11.0 Å². The smallest absolute Gasteiger partial charge is 0.197 e. The molecule has 0 saturated heterocycles. The van der Waals surface area contributed by atoms with Gasteiger partial charge in [0.25, 0.3) is 0 Å². The maximum Gasteiger partial charge on any atom is 0.206 e. The van der Waals surface area contributed by atoms with Gasteiger partial charge in [-0.05, 0) is 17.3 Å². The predicted octanol–water partition coefficient (Wildman–Crippen LogP) is 0.138. The van der Waals surface area contributed by atoms with E-state index in [0.717, 1.165) is 16.6 Å². The van der Waals surface area contributed by atoms with E-state index in [1.165, 1.54) is 0 Å². The summed E-state index contributed by atoms with van der Waals surface area (Å²) < 4.78 is 0. The Morgan fingerprint density at radius 2 is 2.00 bits per heavy atom. The molecule has 0 aliphatic carbocycles. The molecule has 0 unspecified atom stereocenters. The summed E-state index contributed by atoms with van der Waals surface area (Å²) in [6.07, 6.45) is 0. The van der Waals surface area contributed by atoms with E-state index in [2.05, 4.69) is 36.0 Å². The molecule has 1 aromatic carbocycles. The van der Waals surface area contributed by atoms with Crippen LogP contribution in [0.15, 0.2) is 18.2 Å². The third-order valence-electron chi connectivity index (χ3n) is 1.93. The molecule has 2 aromatic heterocycles. The second kappa shape index (κ2) is 2.59. The fourth-order valence-corrected chi connectivity index (χ4v) is 1.32. The van der Waals surface area contributed by atoms with Crippen molar-refractivity contribution < 1.29 is 0 Å². The summed E-state index contributed by atoms with van der Waals surface area (Å²) in [5.74, 6) is 0.518. The molecule has 0 amide bonds. The molecule has 0 bridgehead atoms. The highest BCUT2D eigenvalue weighted by Crippen LogP contribution is 2.21. The quantitative estimate of drug-likeness (QED) is 0.564. The number of aromatic amines is 2. The molecule has 14 heavy (non-hydrogen) atoms. The van der Waals surface area contributed by atoms with Crippen LogP contribution in [0.25, 0.3) is 22.4 Å². The largest absolute Gasteiger partial charge is 0.206 e. The molecule has 2 N–H and O–H groups in total. The third kappa shape index (κ3) is 0.889. The van der Waals surface area contributed by atoms with Gasteiger partial charge in [-0.15, -0.1) is 10.2 Å². The zero-order valence-corrected chi connectivity index (χ0v) is 6.97. The molecule has 0 aliphatic rings. The first-order valence-corrected chi connectivity index (χ1v) is 3.98. The van der Waals surface area contributed by atoms with Crippen LogP contribution in [0.5, 0.6) is 0 Å². The van der Waals surface area contributed by atoms with Gasteiger partial charge in [-0.3, -0.25) is 0 Å². The van der Waals surface area contributed by atoms with Gasteiger partial charge in [0.1, 0.15) is 11.0 Å². The molecule has 0 fully saturated rings. The molecular weight excluding hydrogens is 182 g/mol. The van der Waals surface area contributed by atoms with Crippen LogP contribution < -0.4 is 0 Å². The van der Waals surface area contributed by atoms with E-state index in [9.17, 15) is 0 Å². The van der Waals surface area contributed by atoms with Crippen molar-refractivity contribution in [1.82, 2.24) is 36.0 Å². The minimum Gasteiger partial charge on any atom is -0.197 e. The molecular formula is C7H5N7. The number of hydrogen-bond acceptors (Lipinski definition) is 5. The molecule has 0 aliphatic heterocycles. The van der Waals surface area contributed by atoms with Crippen molar-refractivity contribution in [2.45, 2.75) is 0 Å². The summed E-state index contributed by atoms with van der Waals surface area (Å²) in [6.45, 7) is 0. The SMILES string of the molecule is c1cc(-c2nn[nH]n2)c2n[nH]nc2c1. The number of aromatic nitrogens is 7. The van der Waals surface area contributed by atoms with Crippen molar-refractivity contribution in [3.05, 3.63) is 18.2 Å². The van der Waals surface area contributed by atoms with E-state index in [1.807, 2.05) is 18.2 Å². The van der Waals surface area contributed by atoms with Crippen molar-refractivity contribution in [3.63, 3.8) is 0 Å². The number of hydrogen-bond donors (Lipinski definition) is 2. The fourth-order valence-electron chi connectivity index (χ4n) is 1.32. The van der Waals surface area contributed by atoms with Gasteiger partial charge in [-0.25, -0.2) is 0 Å². The summed E-state index contributed by atoms with van der Waals surface area (Å²) in [4.78, 5) is 0. The molecule has 2 heterocycles. The maximum atomic E-state index is 4.02. The van der Waals surface area contributed by atoms with Crippen molar-refractivity contribution in [3.8, 4) is 11.4 Å². The summed E-state index contributed by atoms with van der Waals surface area (Å²) in [6, 6.07) is 5.61. The Balaban J connectivity index is 2.36. The number of fused-ring (bicyclic) bond motifs is 1. The Labute approximate surface area is 77.5 Å². The highest BCUT2D eigenvalue weighted by molar-refractivity contribution is 5.88. The van der Waals surface area contributed by atoms with Gasteiger partial charge in [0.15, 0.2) is 0 Å². The molecule has 3 rings (SSSR count). The van der Waals surface area contributed by atoms with E-state index >= 15 is 0 Å². The van der Waals surface area contributed by atoms with Crippen LogP contribution in [0.3, 0.4) is 0 Å². The average Bonchev–Trinajstić information content (AvgIpc) is 2.88. The van der Waals surface area contributed by atoms with Gasteiger partial charge < -0.3 is 0 Å². The predicted molar refractivity (Wildman–Crippen MR) is 47.1 cm³/mol. The zero-order chi connectivity index (χ0) is 9.38. The van der Waals surface area contributed by atoms with Gasteiger partial charge in [-0.2, -0.15) is 20.6 Å². The van der Waals surface area contributed by atoms with Crippen LogP contribution in [0.4, 0.5) is 0 Å². The van der Waals surface area contributed by atoms with Crippen LogP contribution in [0.1, 0.15) is 0 Å². The van der Waals surface area contributed by atoms with Gasteiger partial charge >= 0.3 is 0 Å². The highest BCUT2D eigenvalue weighted by Gasteiger charge is 2.09. The lowest BCUT2D eigenvalue weighted by molar-refractivity contribution is 0.881. The number of para-hydroxylation sites is 1. The van der Waals surface area contributed by atoms with Crippen LogP contribution in [0.2, 0.25) is 0 Å². The van der Waals surface area contributed by atoms with E-state index in [-0.39, 0.29) is 0 Å². The van der Waals surface area contributed by atoms with Crippen molar-refractivity contribution in [2.75, 3.05) is 0 Å². The minimum absolute atomic E-state index is 0.518. The van der Waals surface area contributed by atoms with Gasteiger partial charge in [0.05, 0.1) is 5.56 Å². The van der Waals surface area contributed by atoms with Gasteiger partial charge in [0.2, 0.25) is 5.82 Å². The summed E-state index contributed by atoms with van der Waals surface area (Å²) in [7, 11) is 0. The lowest BCUT2D eigenvalue weighted by Crippen LogP contribution is -1.83. The minimum atomic E-state index is 0.518.